The van der Waals surface area contributed by atoms with Gasteiger partial charge in [-0.25, -0.2) is 0 Å². The van der Waals surface area contributed by atoms with Crippen LogP contribution in [0.15, 0.2) is 35.7 Å². The molecule has 1 saturated heterocycles. The summed E-state index contributed by atoms with van der Waals surface area (Å²) in [6, 6.07) is 10.4. The number of nitrogens with one attached hydrogen (secondary N) is 1. The Bertz CT molecular complexity index is 690. The average Bonchev–Trinajstić information content (AvgIpc) is 3.25. The maximum atomic E-state index is 12.7. The molecule has 0 saturated carbocycles. The number of nitrogens with zero attached hydrogens (tertiary/aromatic N) is 2. The Kier molecular flexibility index (Phi) is 4.16. The minimum atomic E-state index is 0.176. The highest BCUT2D eigenvalue weighted by molar-refractivity contribution is 7.09. The molecule has 0 radical (unpaired) electrons. The fourth-order valence-electron chi connectivity index (χ4n) is 3.34. The molecule has 1 aromatic heterocycles. The SMILES string of the molecule is O=C(c1ccc2c(c1)CNC2)N1CCN(Cc2cccs2)CC1. The molecule has 1 fully saturated rings. The van der Waals surface area contributed by atoms with E-state index in [9.17, 15) is 4.79 Å². The maximum absolute atomic E-state index is 12.7. The molecule has 0 atom stereocenters. The molecule has 1 aromatic carbocycles. The van der Waals surface area contributed by atoms with E-state index >= 15 is 0 Å². The van der Waals surface area contributed by atoms with Crippen molar-refractivity contribution in [2.45, 2.75) is 19.6 Å². The third-order valence-electron chi connectivity index (χ3n) is 4.70. The van der Waals surface area contributed by atoms with Gasteiger partial charge < -0.3 is 10.2 Å². The molecule has 120 valence electrons. The van der Waals surface area contributed by atoms with Crippen molar-refractivity contribution in [2.75, 3.05) is 26.2 Å². The van der Waals surface area contributed by atoms with E-state index in [1.807, 2.05) is 11.0 Å². The summed E-state index contributed by atoms with van der Waals surface area (Å²) >= 11 is 1.80. The minimum absolute atomic E-state index is 0.176. The number of amides is 1. The number of rotatable bonds is 3. The highest BCUT2D eigenvalue weighted by atomic mass is 32.1. The van der Waals surface area contributed by atoms with E-state index in [-0.39, 0.29) is 5.91 Å². The minimum Gasteiger partial charge on any atom is -0.336 e. The number of hydrogen-bond donors (Lipinski definition) is 1. The molecule has 2 aliphatic heterocycles. The maximum Gasteiger partial charge on any atom is 0.253 e. The molecule has 5 heteroatoms. The lowest BCUT2D eigenvalue weighted by molar-refractivity contribution is 0.0629. The van der Waals surface area contributed by atoms with Crippen LogP contribution in [-0.4, -0.2) is 41.9 Å². The van der Waals surface area contributed by atoms with Gasteiger partial charge in [-0.15, -0.1) is 11.3 Å². The second-order valence-corrected chi connectivity index (χ2v) is 7.27. The number of carbonyl (C=O) groups is 1. The Morgan fingerprint density at radius 1 is 1.09 bits per heavy atom. The lowest BCUT2D eigenvalue weighted by Gasteiger charge is -2.34. The zero-order valence-electron chi connectivity index (χ0n) is 13.1. The molecule has 0 aliphatic carbocycles. The van der Waals surface area contributed by atoms with E-state index in [1.54, 1.807) is 11.3 Å². The first-order chi connectivity index (χ1) is 11.3. The number of thiophene rings is 1. The van der Waals surface area contributed by atoms with Crippen molar-refractivity contribution in [3.05, 3.63) is 57.3 Å². The van der Waals surface area contributed by atoms with Crippen LogP contribution in [0.25, 0.3) is 0 Å². The van der Waals surface area contributed by atoms with E-state index in [2.05, 4.69) is 39.9 Å². The Labute approximate surface area is 140 Å². The highest BCUT2D eigenvalue weighted by Crippen LogP contribution is 2.19. The molecule has 4 rings (SSSR count). The predicted octanol–water partition coefficient (Wildman–Crippen LogP) is 2.31. The van der Waals surface area contributed by atoms with Crippen molar-refractivity contribution < 1.29 is 4.79 Å². The van der Waals surface area contributed by atoms with Crippen molar-refractivity contribution in [3.8, 4) is 0 Å². The number of carbonyl (C=O) groups excluding carboxylic acids is 1. The van der Waals surface area contributed by atoms with Crippen LogP contribution in [0.5, 0.6) is 0 Å². The molecule has 1 N–H and O–H groups in total. The fourth-order valence-corrected chi connectivity index (χ4v) is 4.09. The van der Waals surface area contributed by atoms with E-state index in [1.165, 1.54) is 16.0 Å². The first kappa shape index (κ1) is 14.9. The highest BCUT2D eigenvalue weighted by Gasteiger charge is 2.23. The van der Waals surface area contributed by atoms with Crippen molar-refractivity contribution in [1.29, 1.82) is 0 Å². The second kappa shape index (κ2) is 6.43. The molecular formula is C18H21N3OS. The van der Waals surface area contributed by atoms with Gasteiger partial charge in [0.05, 0.1) is 0 Å². The van der Waals surface area contributed by atoms with E-state index < -0.39 is 0 Å². The van der Waals surface area contributed by atoms with Gasteiger partial charge in [0.1, 0.15) is 0 Å². The van der Waals surface area contributed by atoms with Gasteiger partial charge >= 0.3 is 0 Å². The van der Waals surface area contributed by atoms with Crippen LogP contribution in [0.4, 0.5) is 0 Å². The third kappa shape index (κ3) is 3.17. The summed E-state index contributed by atoms with van der Waals surface area (Å²) in [5, 5.41) is 5.45. The van der Waals surface area contributed by atoms with Gasteiger partial charge in [-0.3, -0.25) is 9.69 Å². The summed E-state index contributed by atoms with van der Waals surface area (Å²) in [4.78, 5) is 18.5. The summed E-state index contributed by atoms with van der Waals surface area (Å²) < 4.78 is 0. The van der Waals surface area contributed by atoms with Crippen LogP contribution < -0.4 is 5.32 Å². The predicted molar refractivity (Wildman–Crippen MR) is 92.5 cm³/mol. The van der Waals surface area contributed by atoms with E-state index in [4.69, 9.17) is 0 Å². The van der Waals surface area contributed by atoms with Crippen LogP contribution in [0.3, 0.4) is 0 Å². The number of hydrogen-bond acceptors (Lipinski definition) is 4. The first-order valence-electron chi connectivity index (χ1n) is 8.16. The smallest absolute Gasteiger partial charge is 0.253 e. The van der Waals surface area contributed by atoms with Gasteiger partial charge in [-0.2, -0.15) is 0 Å². The van der Waals surface area contributed by atoms with Gasteiger partial charge in [0.15, 0.2) is 0 Å². The third-order valence-corrected chi connectivity index (χ3v) is 5.56. The number of fused-ring (bicyclic) bond motifs is 1. The molecule has 2 aromatic rings. The molecule has 1 amide bonds. The van der Waals surface area contributed by atoms with Crippen LogP contribution in [0.2, 0.25) is 0 Å². The molecule has 2 aliphatic rings. The molecular weight excluding hydrogens is 306 g/mol. The molecule has 0 bridgehead atoms. The monoisotopic (exact) mass is 327 g/mol. The fraction of sp³-hybridized carbons (Fsp3) is 0.389. The van der Waals surface area contributed by atoms with Gasteiger partial charge in [0, 0.05) is 56.3 Å². The summed E-state index contributed by atoms with van der Waals surface area (Å²) in [6.45, 7) is 6.35. The zero-order chi connectivity index (χ0) is 15.6. The summed E-state index contributed by atoms with van der Waals surface area (Å²) in [7, 11) is 0. The van der Waals surface area contributed by atoms with Gasteiger partial charge in [-0.05, 0) is 34.7 Å². The normalized spacial score (nSPS) is 18.2. The molecule has 4 nitrogen and oxygen atoms in total. The Morgan fingerprint density at radius 3 is 2.70 bits per heavy atom. The van der Waals surface area contributed by atoms with E-state index in [0.717, 1.165) is 51.4 Å². The van der Waals surface area contributed by atoms with Crippen molar-refractivity contribution >= 4 is 17.2 Å². The number of piperazine rings is 1. The standard InChI is InChI=1S/C18H21N3OS/c22-18(14-3-4-15-11-19-12-16(15)10-14)21-7-5-20(6-8-21)13-17-2-1-9-23-17/h1-4,9-10,19H,5-8,11-13H2. The molecule has 3 heterocycles. The van der Waals surface area contributed by atoms with Crippen LogP contribution in [-0.2, 0) is 19.6 Å². The lowest BCUT2D eigenvalue weighted by Crippen LogP contribution is -2.48. The summed E-state index contributed by atoms with van der Waals surface area (Å²) in [5.41, 5.74) is 3.42. The van der Waals surface area contributed by atoms with Gasteiger partial charge in [0.25, 0.3) is 5.91 Å². The van der Waals surface area contributed by atoms with Crippen molar-refractivity contribution in [2.24, 2.45) is 0 Å². The molecule has 23 heavy (non-hydrogen) atoms. The van der Waals surface area contributed by atoms with Gasteiger partial charge in [-0.1, -0.05) is 12.1 Å². The van der Waals surface area contributed by atoms with Gasteiger partial charge in [0.2, 0.25) is 0 Å². The second-order valence-electron chi connectivity index (χ2n) is 6.23. The summed E-state index contributed by atoms with van der Waals surface area (Å²) in [6.07, 6.45) is 0. The zero-order valence-corrected chi connectivity index (χ0v) is 13.9. The Hall–Kier alpha value is -1.69. The van der Waals surface area contributed by atoms with E-state index in [0.29, 0.717) is 0 Å². The first-order valence-corrected chi connectivity index (χ1v) is 9.04. The van der Waals surface area contributed by atoms with Crippen LogP contribution in [0, 0.1) is 0 Å². The van der Waals surface area contributed by atoms with Crippen molar-refractivity contribution in [3.63, 3.8) is 0 Å². The average molecular weight is 327 g/mol. The Morgan fingerprint density at radius 2 is 1.91 bits per heavy atom. The lowest BCUT2D eigenvalue weighted by atomic mass is 10.1. The molecule has 0 unspecified atom stereocenters. The Balaban J connectivity index is 1.37. The molecule has 0 spiro atoms. The topological polar surface area (TPSA) is 35.6 Å². The van der Waals surface area contributed by atoms with Crippen LogP contribution in [0.1, 0.15) is 26.4 Å². The number of benzene rings is 1. The van der Waals surface area contributed by atoms with Crippen LogP contribution >= 0.6 is 11.3 Å². The largest absolute Gasteiger partial charge is 0.336 e. The van der Waals surface area contributed by atoms with Crippen molar-refractivity contribution in [1.82, 2.24) is 15.1 Å². The quantitative estimate of drug-likeness (QED) is 0.940. The summed E-state index contributed by atoms with van der Waals surface area (Å²) in [5.74, 6) is 0.176.